The number of Topliss-reactive ketones (excluding diaryl/α,β-unsaturated/α-hetero) is 1. The number of anilines is 1. The lowest BCUT2D eigenvalue weighted by Crippen LogP contribution is -2.29. The van der Waals surface area contributed by atoms with Gasteiger partial charge in [-0.2, -0.15) is 0 Å². The van der Waals surface area contributed by atoms with Gasteiger partial charge in [0.2, 0.25) is 6.79 Å². The van der Waals surface area contributed by atoms with Crippen molar-refractivity contribution in [3.8, 4) is 23.0 Å². The fraction of sp³-hybridized carbons (Fsp3) is 0.276. The third kappa shape index (κ3) is 3.60. The van der Waals surface area contributed by atoms with Crippen molar-refractivity contribution in [1.29, 1.82) is 0 Å². The third-order valence-electron chi connectivity index (χ3n) is 7.23. The first-order chi connectivity index (χ1) is 17.1. The van der Waals surface area contributed by atoms with Crippen molar-refractivity contribution in [3.05, 3.63) is 88.1 Å². The number of hydrogen-bond acceptors (Lipinski definition) is 6. The molecule has 2 aliphatic heterocycles. The molecule has 0 saturated carbocycles. The second-order valence-corrected chi connectivity index (χ2v) is 9.30. The van der Waals surface area contributed by atoms with Crippen LogP contribution in [-0.2, 0) is 4.79 Å². The number of ether oxygens (including phenoxy) is 4. The number of rotatable bonds is 4. The topological polar surface area (TPSA) is 66.0 Å². The fourth-order valence-electron chi connectivity index (χ4n) is 5.45. The molecule has 0 radical (unpaired) electrons. The largest absolute Gasteiger partial charge is 0.493 e. The van der Waals surface area contributed by atoms with Crippen molar-refractivity contribution in [2.75, 3.05) is 26.3 Å². The number of aryl methyl sites for hydroxylation is 1. The number of methoxy groups -OCH3 is 2. The standard InChI is InChI=1S/C29H27NO5/c1-16-4-6-17(7-5-16)28-20-13-26-27(35-15-34-26)14-21(20)30-22-10-19(11-23(31)29(22)28)18-8-9-24(32-2)25(12-18)33-3/h4-9,12-14,19,28,30H,10-11,15H2,1-3H3. The lowest BCUT2D eigenvalue weighted by Gasteiger charge is -2.37. The molecule has 0 spiro atoms. The maximum atomic E-state index is 13.8. The molecule has 2 heterocycles. The van der Waals surface area contributed by atoms with Crippen LogP contribution in [-0.4, -0.2) is 26.8 Å². The predicted molar refractivity (Wildman–Crippen MR) is 133 cm³/mol. The van der Waals surface area contributed by atoms with Crippen molar-refractivity contribution in [2.24, 2.45) is 0 Å². The minimum Gasteiger partial charge on any atom is -0.493 e. The zero-order valence-corrected chi connectivity index (χ0v) is 20.0. The summed E-state index contributed by atoms with van der Waals surface area (Å²) >= 11 is 0. The van der Waals surface area contributed by atoms with Gasteiger partial charge < -0.3 is 24.3 Å². The van der Waals surface area contributed by atoms with E-state index in [-0.39, 0.29) is 24.4 Å². The third-order valence-corrected chi connectivity index (χ3v) is 7.23. The van der Waals surface area contributed by atoms with E-state index < -0.39 is 0 Å². The number of hydrogen-bond donors (Lipinski definition) is 1. The summed E-state index contributed by atoms with van der Waals surface area (Å²) < 4.78 is 22.2. The first kappa shape index (κ1) is 21.6. The van der Waals surface area contributed by atoms with Crippen LogP contribution in [0.4, 0.5) is 5.69 Å². The van der Waals surface area contributed by atoms with Gasteiger partial charge >= 0.3 is 0 Å². The van der Waals surface area contributed by atoms with Gasteiger partial charge in [0.05, 0.1) is 14.2 Å². The fourth-order valence-corrected chi connectivity index (χ4v) is 5.45. The minimum absolute atomic E-state index is 0.0442. The monoisotopic (exact) mass is 469 g/mol. The zero-order chi connectivity index (χ0) is 24.1. The van der Waals surface area contributed by atoms with Gasteiger partial charge in [0.25, 0.3) is 0 Å². The predicted octanol–water partition coefficient (Wildman–Crippen LogP) is 5.70. The van der Waals surface area contributed by atoms with Crippen LogP contribution < -0.4 is 24.3 Å². The summed E-state index contributed by atoms with van der Waals surface area (Å²) in [5.74, 6) is 2.84. The van der Waals surface area contributed by atoms with E-state index in [4.69, 9.17) is 18.9 Å². The van der Waals surface area contributed by atoms with Gasteiger partial charge in [0, 0.05) is 35.4 Å². The molecule has 0 bridgehead atoms. The molecule has 3 aromatic carbocycles. The quantitative estimate of drug-likeness (QED) is 0.529. The molecule has 0 fully saturated rings. The lowest BCUT2D eigenvalue weighted by atomic mass is 9.72. The summed E-state index contributed by atoms with van der Waals surface area (Å²) in [6.45, 7) is 2.28. The van der Waals surface area contributed by atoms with Gasteiger partial charge in [-0.15, -0.1) is 0 Å². The number of benzene rings is 3. The summed E-state index contributed by atoms with van der Waals surface area (Å²) in [5.41, 5.74) is 7.16. The van der Waals surface area contributed by atoms with E-state index >= 15 is 0 Å². The summed E-state index contributed by atoms with van der Waals surface area (Å²) in [7, 11) is 3.25. The lowest BCUT2D eigenvalue weighted by molar-refractivity contribution is -0.116. The number of allylic oxidation sites excluding steroid dienone is 2. The Bertz CT molecular complexity index is 1360. The van der Waals surface area contributed by atoms with Crippen LogP contribution in [0.2, 0.25) is 0 Å². The van der Waals surface area contributed by atoms with Crippen LogP contribution in [0.25, 0.3) is 0 Å². The van der Waals surface area contributed by atoms with E-state index in [1.165, 1.54) is 5.56 Å². The van der Waals surface area contributed by atoms with E-state index in [0.717, 1.165) is 51.6 Å². The molecule has 1 N–H and O–H groups in total. The van der Waals surface area contributed by atoms with Crippen molar-refractivity contribution in [1.82, 2.24) is 0 Å². The van der Waals surface area contributed by atoms with E-state index in [0.29, 0.717) is 17.9 Å². The van der Waals surface area contributed by atoms with Crippen LogP contribution in [0.5, 0.6) is 23.0 Å². The van der Waals surface area contributed by atoms with Crippen LogP contribution in [0, 0.1) is 6.92 Å². The van der Waals surface area contributed by atoms with E-state index in [1.807, 2.05) is 30.3 Å². The number of carbonyl (C=O) groups is 1. The van der Waals surface area contributed by atoms with Crippen molar-refractivity contribution in [3.63, 3.8) is 0 Å². The molecule has 6 rings (SSSR count). The Morgan fingerprint density at radius 2 is 1.57 bits per heavy atom. The normalized spacial score (nSPS) is 20.1. The molecule has 0 saturated heterocycles. The Morgan fingerprint density at radius 1 is 0.857 bits per heavy atom. The average molecular weight is 470 g/mol. The Kier molecular flexibility index (Phi) is 5.17. The molecule has 0 amide bonds. The first-order valence-corrected chi connectivity index (χ1v) is 11.8. The number of carbonyl (C=O) groups excluding carboxylic acids is 1. The molecular formula is C29H27NO5. The van der Waals surface area contributed by atoms with Crippen molar-refractivity contribution in [2.45, 2.75) is 31.6 Å². The number of nitrogens with one attached hydrogen (secondary N) is 1. The van der Waals surface area contributed by atoms with Gasteiger partial charge in [-0.25, -0.2) is 0 Å². The van der Waals surface area contributed by atoms with Gasteiger partial charge in [-0.1, -0.05) is 35.9 Å². The van der Waals surface area contributed by atoms with Crippen molar-refractivity contribution >= 4 is 11.5 Å². The molecular weight excluding hydrogens is 442 g/mol. The SMILES string of the molecule is COc1ccc(C2CC(=O)C3=C(C2)Nc2cc4c(cc2C3c2ccc(C)cc2)OCO4)cc1OC. The second kappa shape index (κ2) is 8.38. The second-order valence-electron chi connectivity index (χ2n) is 9.30. The van der Waals surface area contributed by atoms with E-state index in [1.54, 1.807) is 14.2 Å². The van der Waals surface area contributed by atoms with E-state index in [2.05, 4.69) is 36.5 Å². The molecule has 2 atom stereocenters. The molecule has 178 valence electrons. The van der Waals surface area contributed by atoms with Crippen LogP contribution in [0.3, 0.4) is 0 Å². The molecule has 6 heteroatoms. The highest BCUT2D eigenvalue weighted by Gasteiger charge is 2.39. The smallest absolute Gasteiger partial charge is 0.231 e. The van der Waals surface area contributed by atoms with Crippen LogP contribution in [0.15, 0.2) is 65.9 Å². The summed E-state index contributed by atoms with van der Waals surface area (Å²) in [6.07, 6.45) is 1.17. The molecule has 3 aliphatic rings. The van der Waals surface area contributed by atoms with Crippen molar-refractivity contribution < 1.29 is 23.7 Å². The number of ketones is 1. The minimum atomic E-state index is -0.157. The van der Waals surface area contributed by atoms with Crippen LogP contribution >= 0.6 is 0 Å². The molecule has 35 heavy (non-hydrogen) atoms. The van der Waals surface area contributed by atoms with Gasteiger partial charge in [0.1, 0.15) is 0 Å². The average Bonchev–Trinajstić information content (AvgIpc) is 3.33. The Hall–Kier alpha value is -3.93. The maximum Gasteiger partial charge on any atom is 0.231 e. The highest BCUT2D eigenvalue weighted by Crippen LogP contribution is 2.51. The van der Waals surface area contributed by atoms with Crippen LogP contribution in [0.1, 0.15) is 46.9 Å². The molecule has 0 aromatic heterocycles. The first-order valence-electron chi connectivity index (χ1n) is 11.8. The number of fused-ring (bicyclic) bond motifs is 2. The van der Waals surface area contributed by atoms with Gasteiger partial charge in [0.15, 0.2) is 28.8 Å². The van der Waals surface area contributed by atoms with Gasteiger partial charge in [-0.05, 0) is 54.2 Å². The highest BCUT2D eigenvalue weighted by atomic mass is 16.7. The summed E-state index contributed by atoms with van der Waals surface area (Å²) in [4.78, 5) is 13.8. The Morgan fingerprint density at radius 3 is 2.31 bits per heavy atom. The maximum absolute atomic E-state index is 13.8. The van der Waals surface area contributed by atoms with E-state index in [9.17, 15) is 4.79 Å². The molecule has 6 nitrogen and oxygen atoms in total. The Balaban J connectivity index is 1.44. The summed E-state index contributed by atoms with van der Waals surface area (Å²) in [5, 5.41) is 3.59. The summed E-state index contributed by atoms with van der Waals surface area (Å²) in [6, 6.07) is 18.4. The zero-order valence-electron chi connectivity index (χ0n) is 20.0. The molecule has 1 aliphatic carbocycles. The Labute approximate surface area is 204 Å². The molecule has 2 unspecified atom stereocenters. The van der Waals surface area contributed by atoms with Gasteiger partial charge in [-0.3, -0.25) is 4.79 Å². The highest BCUT2D eigenvalue weighted by molar-refractivity contribution is 6.02. The molecule has 3 aromatic rings.